The SMILES string of the molecule is COC(=O)[C@H](C)NC(=O)[C@](C)(Cc1ccc2c(c1)OCCOCCOCCOc1ccccc1OCCOCCOCCO2)NC(=O)C(C)(C)NC(=O)OC(C)(C)C. The summed E-state index contributed by atoms with van der Waals surface area (Å²) < 4.78 is 56.6. The number of benzene rings is 2. The van der Waals surface area contributed by atoms with E-state index in [9.17, 15) is 19.2 Å². The van der Waals surface area contributed by atoms with E-state index in [1.54, 1.807) is 39.0 Å². The number of carbonyl (C=O) groups excluding carboxylic acids is 4. The Kier molecular flexibility index (Phi) is 19.3. The molecule has 1 aliphatic heterocycles. The van der Waals surface area contributed by atoms with Gasteiger partial charge in [-0.15, -0.1) is 0 Å². The number of amides is 3. The van der Waals surface area contributed by atoms with Gasteiger partial charge >= 0.3 is 12.1 Å². The van der Waals surface area contributed by atoms with Gasteiger partial charge in [0, 0.05) is 6.42 Å². The van der Waals surface area contributed by atoms with Crippen molar-refractivity contribution in [1.29, 1.82) is 0 Å². The third kappa shape index (κ3) is 16.9. The van der Waals surface area contributed by atoms with Gasteiger partial charge in [0.15, 0.2) is 23.0 Å². The number of para-hydroxylation sites is 2. The summed E-state index contributed by atoms with van der Waals surface area (Å²) in [6.45, 7) is 14.6. The Bertz CT molecular complexity index is 1610. The molecule has 17 nitrogen and oxygen atoms in total. The van der Waals surface area contributed by atoms with Gasteiger partial charge in [-0.2, -0.15) is 0 Å². The van der Waals surface area contributed by atoms with Crippen molar-refractivity contribution < 1.29 is 66.5 Å². The molecular weight excluding hydrogens is 758 g/mol. The van der Waals surface area contributed by atoms with Gasteiger partial charge < -0.3 is 63.3 Å². The number of esters is 1. The molecule has 2 aromatic rings. The number of rotatable bonds is 8. The van der Waals surface area contributed by atoms with Gasteiger partial charge in [-0.1, -0.05) is 18.2 Å². The molecule has 3 amide bonds. The molecule has 17 heteroatoms. The van der Waals surface area contributed by atoms with Gasteiger partial charge in [-0.05, 0) is 78.3 Å². The molecule has 0 fully saturated rings. The predicted molar refractivity (Wildman–Crippen MR) is 211 cm³/mol. The molecule has 2 aromatic carbocycles. The number of nitrogens with one attached hydrogen (secondary N) is 3. The normalized spacial score (nSPS) is 17.2. The lowest BCUT2D eigenvalue weighted by molar-refractivity contribution is -0.145. The van der Waals surface area contributed by atoms with Crippen LogP contribution >= 0.6 is 0 Å². The van der Waals surface area contributed by atoms with Crippen LogP contribution in [0.3, 0.4) is 0 Å². The first-order chi connectivity index (χ1) is 27.5. The van der Waals surface area contributed by atoms with Crippen LogP contribution in [0.25, 0.3) is 0 Å². The highest BCUT2D eigenvalue weighted by Crippen LogP contribution is 2.31. The lowest BCUT2D eigenvalue weighted by Crippen LogP contribution is -2.65. The first-order valence-corrected chi connectivity index (χ1v) is 19.3. The quantitative estimate of drug-likeness (QED) is 0.328. The zero-order valence-corrected chi connectivity index (χ0v) is 35.0. The molecule has 1 aliphatic rings. The summed E-state index contributed by atoms with van der Waals surface area (Å²) in [5, 5.41) is 7.97. The summed E-state index contributed by atoms with van der Waals surface area (Å²) in [5.74, 6) is -0.0247. The van der Waals surface area contributed by atoms with E-state index in [-0.39, 0.29) is 32.8 Å². The molecule has 3 N–H and O–H groups in total. The topological polar surface area (TPSA) is 197 Å². The van der Waals surface area contributed by atoms with Crippen molar-refractivity contribution in [2.24, 2.45) is 0 Å². The van der Waals surface area contributed by atoms with E-state index in [0.717, 1.165) is 0 Å². The van der Waals surface area contributed by atoms with Crippen LogP contribution in [0.2, 0.25) is 0 Å². The van der Waals surface area contributed by atoms with Crippen molar-refractivity contribution >= 4 is 23.9 Å². The summed E-state index contributed by atoms with van der Waals surface area (Å²) in [4.78, 5) is 52.4. The van der Waals surface area contributed by atoms with Crippen LogP contribution in [0.15, 0.2) is 42.5 Å². The smallest absolute Gasteiger partial charge is 0.408 e. The van der Waals surface area contributed by atoms with Crippen LogP contribution in [0, 0.1) is 0 Å². The van der Waals surface area contributed by atoms with E-state index in [4.69, 9.17) is 47.4 Å². The Morgan fingerprint density at radius 2 is 1.07 bits per heavy atom. The highest BCUT2D eigenvalue weighted by Gasteiger charge is 2.41. The molecule has 0 spiro atoms. The van der Waals surface area contributed by atoms with Gasteiger partial charge in [0.05, 0.1) is 60.0 Å². The number of ether oxygens (including phenoxy) is 10. The van der Waals surface area contributed by atoms with Crippen LogP contribution < -0.4 is 34.9 Å². The fourth-order valence-electron chi connectivity index (χ4n) is 5.27. The number of hydrogen-bond donors (Lipinski definition) is 3. The second-order valence-corrected chi connectivity index (χ2v) is 15.0. The maximum atomic E-state index is 13.9. The first kappa shape index (κ1) is 47.5. The van der Waals surface area contributed by atoms with E-state index >= 15 is 0 Å². The Morgan fingerprint density at radius 1 is 0.621 bits per heavy atom. The molecule has 0 bridgehead atoms. The highest BCUT2D eigenvalue weighted by molar-refractivity contribution is 5.97. The van der Waals surface area contributed by atoms with E-state index < -0.39 is 46.6 Å². The van der Waals surface area contributed by atoms with Crippen molar-refractivity contribution in [2.75, 3.05) is 86.4 Å². The minimum absolute atomic E-state index is 0.0606. The lowest BCUT2D eigenvalue weighted by atomic mass is 9.89. The monoisotopic (exact) mass is 819 g/mol. The second-order valence-electron chi connectivity index (χ2n) is 15.0. The third-order valence-electron chi connectivity index (χ3n) is 8.27. The Morgan fingerprint density at radius 3 is 1.53 bits per heavy atom. The number of carbonyl (C=O) groups is 4. The molecule has 0 aliphatic carbocycles. The van der Waals surface area contributed by atoms with Gasteiger partial charge in [0.2, 0.25) is 11.8 Å². The summed E-state index contributed by atoms with van der Waals surface area (Å²) in [7, 11) is 1.20. The maximum absolute atomic E-state index is 13.9. The molecular formula is C41H61N3O14. The van der Waals surface area contributed by atoms with E-state index in [0.29, 0.717) is 81.4 Å². The Labute approximate surface area is 340 Å². The molecule has 0 saturated heterocycles. The average Bonchev–Trinajstić information content (AvgIpc) is 3.15. The second kappa shape index (κ2) is 23.5. The van der Waals surface area contributed by atoms with Gasteiger partial charge in [0.1, 0.15) is 49.1 Å². The van der Waals surface area contributed by atoms with Crippen LogP contribution in [-0.2, 0) is 49.2 Å². The summed E-state index contributed by atoms with van der Waals surface area (Å²) in [5.41, 5.74) is -3.39. The molecule has 0 saturated carbocycles. The minimum atomic E-state index is -1.65. The molecule has 324 valence electrons. The van der Waals surface area contributed by atoms with Gasteiger partial charge in [-0.25, -0.2) is 9.59 Å². The Balaban J connectivity index is 1.75. The van der Waals surface area contributed by atoms with Crippen LogP contribution in [0.4, 0.5) is 4.79 Å². The maximum Gasteiger partial charge on any atom is 0.408 e. The van der Waals surface area contributed by atoms with E-state index in [2.05, 4.69) is 16.0 Å². The molecule has 58 heavy (non-hydrogen) atoms. The number of hydrogen-bond acceptors (Lipinski definition) is 14. The molecule has 1 heterocycles. The average molecular weight is 820 g/mol. The van der Waals surface area contributed by atoms with E-state index in [1.165, 1.54) is 34.8 Å². The van der Waals surface area contributed by atoms with Crippen LogP contribution in [0.5, 0.6) is 23.0 Å². The van der Waals surface area contributed by atoms with Crippen molar-refractivity contribution in [2.45, 2.75) is 77.6 Å². The highest BCUT2D eigenvalue weighted by atomic mass is 16.6. The van der Waals surface area contributed by atoms with Gasteiger partial charge in [0.25, 0.3) is 0 Å². The lowest BCUT2D eigenvalue weighted by Gasteiger charge is -2.35. The molecule has 0 unspecified atom stereocenters. The fraction of sp³-hybridized carbons (Fsp3) is 0.610. The third-order valence-corrected chi connectivity index (χ3v) is 8.27. The zero-order chi connectivity index (χ0) is 42.6. The summed E-state index contributed by atoms with van der Waals surface area (Å²) in [6.07, 6.45) is -0.873. The Hall–Kier alpha value is -4.84. The predicted octanol–water partition coefficient (Wildman–Crippen LogP) is 3.38. The van der Waals surface area contributed by atoms with Crippen molar-refractivity contribution in [3.8, 4) is 23.0 Å². The number of methoxy groups -OCH3 is 1. The zero-order valence-electron chi connectivity index (χ0n) is 35.0. The molecule has 2 atom stereocenters. The largest absolute Gasteiger partial charge is 0.487 e. The van der Waals surface area contributed by atoms with Gasteiger partial charge in [-0.3, -0.25) is 9.59 Å². The van der Waals surface area contributed by atoms with Crippen molar-refractivity contribution in [3.05, 3.63) is 48.0 Å². The standard InChI is InChI=1S/C41H61N3O14/c1-29(35(45)49-8)42-37(47)41(7,43-36(46)40(5,6)44-38(48)58-39(2,3)4)28-30-13-14-33-34(27-30)57-26-22-53-18-17-51-20-24-55-32-12-10-9-11-31(32)54-23-19-50-15-16-52-21-25-56-33/h9-14,27,29H,15-26,28H2,1-8H3,(H,42,47)(H,43,46)(H,44,48)/t29-,41-/m0/s1. The molecule has 3 rings (SSSR count). The minimum Gasteiger partial charge on any atom is -0.487 e. The number of alkyl carbamates (subject to hydrolysis) is 1. The van der Waals surface area contributed by atoms with Crippen LogP contribution in [0.1, 0.15) is 54.0 Å². The summed E-state index contributed by atoms with van der Waals surface area (Å²) in [6, 6.07) is 11.5. The molecule has 0 aromatic heterocycles. The summed E-state index contributed by atoms with van der Waals surface area (Å²) >= 11 is 0. The van der Waals surface area contributed by atoms with E-state index in [1.807, 2.05) is 24.3 Å². The van der Waals surface area contributed by atoms with Crippen molar-refractivity contribution in [1.82, 2.24) is 16.0 Å². The molecule has 0 radical (unpaired) electrons. The first-order valence-electron chi connectivity index (χ1n) is 19.3. The van der Waals surface area contributed by atoms with Crippen molar-refractivity contribution in [3.63, 3.8) is 0 Å². The van der Waals surface area contributed by atoms with Crippen LogP contribution in [-0.4, -0.2) is 133 Å². The number of fused-ring (bicyclic) bond motifs is 2. The fourth-order valence-corrected chi connectivity index (χ4v) is 5.27.